The lowest BCUT2D eigenvalue weighted by Gasteiger charge is -2.38. The summed E-state index contributed by atoms with van der Waals surface area (Å²) < 4.78 is 17.9. The largest absolute Gasteiger partial charge is 0.444 e. The van der Waals surface area contributed by atoms with Gasteiger partial charge in [0.05, 0.1) is 13.1 Å². The van der Waals surface area contributed by atoms with Gasteiger partial charge in [0.15, 0.2) is 0 Å². The molecule has 19 heavy (non-hydrogen) atoms. The summed E-state index contributed by atoms with van der Waals surface area (Å²) in [6, 6.07) is -0.678. The predicted molar refractivity (Wildman–Crippen MR) is 69.5 cm³/mol. The second-order valence-electron chi connectivity index (χ2n) is 6.21. The fourth-order valence-corrected chi connectivity index (χ4v) is 1.75. The van der Waals surface area contributed by atoms with E-state index in [1.54, 1.807) is 20.8 Å². The van der Waals surface area contributed by atoms with Gasteiger partial charge in [-0.25, -0.2) is 9.18 Å². The van der Waals surface area contributed by atoms with Gasteiger partial charge in [0, 0.05) is 0 Å². The molecule has 1 rings (SSSR count). The number of nitrogens with zero attached hydrogens (tertiary/aromatic N) is 1. The molecule has 0 radical (unpaired) electrons. The molecule has 0 aliphatic carbocycles. The quantitative estimate of drug-likeness (QED) is 0.852. The SMILES string of the molecule is CC(C)[C@H](NC(=O)OC(C)(C)C)C(=O)N1CC(F)C1. The number of likely N-dealkylation sites (tertiary alicyclic amines) is 1. The fraction of sp³-hybridized carbons (Fsp3) is 0.846. The van der Waals surface area contributed by atoms with Crippen molar-refractivity contribution in [1.82, 2.24) is 10.2 Å². The molecular formula is C13H23FN2O3. The molecule has 5 nitrogen and oxygen atoms in total. The van der Waals surface area contributed by atoms with Gasteiger partial charge in [0.25, 0.3) is 0 Å². The molecule has 0 aromatic rings. The number of hydrogen-bond acceptors (Lipinski definition) is 3. The highest BCUT2D eigenvalue weighted by Crippen LogP contribution is 2.16. The van der Waals surface area contributed by atoms with Crippen molar-refractivity contribution in [3.05, 3.63) is 0 Å². The van der Waals surface area contributed by atoms with E-state index in [1.807, 2.05) is 13.8 Å². The van der Waals surface area contributed by atoms with E-state index in [0.717, 1.165) is 0 Å². The molecular weight excluding hydrogens is 251 g/mol. The zero-order valence-corrected chi connectivity index (χ0v) is 12.2. The minimum atomic E-state index is -0.946. The van der Waals surface area contributed by atoms with Crippen LogP contribution in [0.4, 0.5) is 9.18 Å². The van der Waals surface area contributed by atoms with Crippen LogP contribution in [0.5, 0.6) is 0 Å². The molecule has 1 fully saturated rings. The van der Waals surface area contributed by atoms with Crippen LogP contribution in [-0.4, -0.2) is 47.8 Å². The lowest BCUT2D eigenvalue weighted by Crippen LogP contribution is -2.59. The normalized spacial score (nSPS) is 17.9. The second-order valence-corrected chi connectivity index (χ2v) is 6.21. The Morgan fingerprint density at radius 2 is 1.84 bits per heavy atom. The Balaban J connectivity index is 2.58. The van der Waals surface area contributed by atoms with E-state index in [2.05, 4.69) is 5.32 Å². The molecule has 0 aromatic heterocycles. The molecule has 6 heteroatoms. The van der Waals surface area contributed by atoms with Gasteiger partial charge in [0.2, 0.25) is 5.91 Å². The zero-order chi connectivity index (χ0) is 14.8. The Morgan fingerprint density at radius 1 is 1.32 bits per heavy atom. The molecule has 0 spiro atoms. The first-order valence-electron chi connectivity index (χ1n) is 6.52. The van der Waals surface area contributed by atoms with E-state index in [9.17, 15) is 14.0 Å². The first-order valence-corrected chi connectivity index (χ1v) is 6.52. The summed E-state index contributed by atoms with van der Waals surface area (Å²) in [6.07, 6.45) is -1.57. The van der Waals surface area contributed by atoms with Crippen LogP contribution in [0.1, 0.15) is 34.6 Å². The monoisotopic (exact) mass is 274 g/mol. The van der Waals surface area contributed by atoms with E-state index in [-0.39, 0.29) is 24.9 Å². The summed E-state index contributed by atoms with van der Waals surface area (Å²) >= 11 is 0. The van der Waals surface area contributed by atoms with E-state index in [0.29, 0.717) is 0 Å². The van der Waals surface area contributed by atoms with Crippen LogP contribution in [0.25, 0.3) is 0 Å². The Morgan fingerprint density at radius 3 is 2.21 bits per heavy atom. The number of carbonyl (C=O) groups is 2. The Bertz CT molecular complexity index is 346. The molecule has 2 amide bonds. The number of carbonyl (C=O) groups excluding carboxylic acids is 2. The standard InChI is InChI=1S/C13H23FN2O3/c1-8(2)10(11(17)16-6-9(14)7-16)15-12(18)19-13(3,4)5/h8-10H,6-7H2,1-5H3,(H,15,18)/t10-/m0/s1. The van der Waals surface area contributed by atoms with Gasteiger partial charge in [-0.3, -0.25) is 4.79 Å². The maximum Gasteiger partial charge on any atom is 0.408 e. The van der Waals surface area contributed by atoms with Crippen molar-refractivity contribution in [2.24, 2.45) is 5.92 Å². The Labute approximate surface area is 113 Å². The number of rotatable bonds is 3. The van der Waals surface area contributed by atoms with Gasteiger partial charge in [0.1, 0.15) is 17.8 Å². The third-order valence-corrected chi connectivity index (χ3v) is 2.75. The number of nitrogens with one attached hydrogen (secondary N) is 1. The molecule has 1 atom stereocenters. The summed E-state index contributed by atoms with van der Waals surface area (Å²) in [6.45, 7) is 9.13. The molecule has 1 aliphatic heterocycles. The van der Waals surface area contributed by atoms with Gasteiger partial charge in [-0.1, -0.05) is 13.8 Å². The molecule has 0 aromatic carbocycles. The van der Waals surface area contributed by atoms with Crippen LogP contribution in [0.3, 0.4) is 0 Å². The third-order valence-electron chi connectivity index (χ3n) is 2.75. The van der Waals surface area contributed by atoms with Gasteiger partial charge in [-0.05, 0) is 26.7 Å². The summed E-state index contributed by atoms with van der Waals surface area (Å²) in [7, 11) is 0. The van der Waals surface area contributed by atoms with Crippen LogP contribution >= 0.6 is 0 Å². The lowest BCUT2D eigenvalue weighted by molar-refractivity contribution is -0.141. The van der Waals surface area contributed by atoms with E-state index >= 15 is 0 Å². The lowest BCUT2D eigenvalue weighted by atomic mass is 10.0. The van der Waals surface area contributed by atoms with Crippen molar-refractivity contribution in [3.63, 3.8) is 0 Å². The number of alkyl halides is 1. The summed E-state index contributed by atoms with van der Waals surface area (Å²) in [4.78, 5) is 25.2. The maximum absolute atomic E-state index is 12.8. The van der Waals surface area contributed by atoms with E-state index < -0.39 is 23.9 Å². The van der Waals surface area contributed by atoms with Crippen molar-refractivity contribution < 1.29 is 18.7 Å². The smallest absolute Gasteiger partial charge is 0.408 e. The maximum atomic E-state index is 12.8. The number of halogens is 1. The van der Waals surface area contributed by atoms with Gasteiger partial charge < -0.3 is 15.0 Å². The number of ether oxygens (including phenoxy) is 1. The highest BCUT2D eigenvalue weighted by atomic mass is 19.1. The Kier molecular flexibility index (Phi) is 4.76. The highest BCUT2D eigenvalue weighted by Gasteiger charge is 2.36. The Hall–Kier alpha value is -1.33. The van der Waals surface area contributed by atoms with Gasteiger partial charge in [-0.2, -0.15) is 0 Å². The van der Waals surface area contributed by atoms with Crippen LogP contribution in [0.2, 0.25) is 0 Å². The molecule has 0 saturated carbocycles. The second kappa shape index (κ2) is 5.75. The van der Waals surface area contributed by atoms with Crippen LogP contribution in [0.15, 0.2) is 0 Å². The minimum absolute atomic E-state index is 0.0846. The van der Waals surface area contributed by atoms with Crippen molar-refractivity contribution in [3.8, 4) is 0 Å². The molecule has 1 saturated heterocycles. The summed E-state index contributed by atoms with van der Waals surface area (Å²) in [5, 5.41) is 2.56. The molecule has 1 aliphatic rings. The summed E-state index contributed by atoms with van der Waals surface area (Å²) in [5.74, 6) is -0.339. The predicted octanol–water partition coefficient (Wildman–Crippen LogP) is 1.72. The zero-order valence-electron chi connectivity index (χ0n) is 12.2. The van der Waals surface area contributed by atoms with E-state index in [1.165, 1.54) is 4.90 Å². The third kappa shape index (κ3) is 4.69. The minimum Gasteiger partial charge on any atom is -0.444 e. The van der Waals surface area contributed by atoms with Crippen LogP contribution < -0.4 is 5.32 Å². The molecule has 0 bridgehead atoms. The van der Waals surface area contributed by atoms with Crippen molar-refractivity contribution in [2.45, 2.75) is 52.4 Å². The van der Waals surface area contributed by atoms with Crippen molar-refractivity contribution >= 4 is 12.0 Å². The first kappa shape index (κ1) is 15.7. The van der Waals surface area contributed by atoms with Gasteiger partial charge in [-0.15, -0.1) is 0 Å². The number of amides is 2. The van der Waals surface area contributed by atoms with Crippen molar-refractivity contribution in [1.29, 1.82) is 0 Å². The van der Waals surface area contributed by atoms with Gasteiger partial charge >= 0.3 is 6.09 Å². The average molecular weight is 274 g/mol. The first-order chi connectivity index (χ1) is 8.60. The van der Waals surface area contributed by atoms with Crippen molar-refractivity contribution in [2.75, 3.05) is 13.1 Å². The molecule has 110 valence electrons. The summed E-state index contributed by atoms with van der Waals surface area (Å²) in [5.41, 5.74) is -0.616. The molecule has 0 unspecified atom stereocenters. The average Bonchev–Trinajstić information content (AvgIpc) is 2.17. The van der Waals surface area contributed by atoms with E-state index in [4.69, 9.17) is 4.74 Å². The van der Waals surface area contributed by atoms with Crippen LogP contribution in [-0.2, 0) is 9.53 Å². The number of hydrogen-bond donors (Lipinski definition) is 1. The topological polar surface area (TPSA) is 58.6 Å². The fourth-order valence-electron chi connectivity index (χ4n) is 1.75. The molecule has 1 heterocycles. The van der Waals surface area contributed by atoms with Crippen LogP contribution in [0, 0.1) is 5.92 Å². The molecule has 1 N–H and O–H groups in total. The number of alkyl carbamates (subject to hydrolysis) is 1. The highest BCUT2D eigenvalue weighted by molar-refractivity contribution is 5.86.